The molecule has 5 nitrogen and oxygen atoms in total. The molecular formula is C17H23NO4. The van der Waals surface area contributed by atoms with Gasteiger partial charge < -0.3 is 14.7 Å². The second kappa shape index (κ2) is 6.38. The number of rotatable bonds is 5. The number of hydrogen-bond donors (Lipinski definition) is 1. The van der Waals surface area contributed by atoms with Crippen molar-refractivity contribution in [1.29, 1.82) is 0 Å². The number of carbonyl (C=O) groups is 2. The summed E-state index contributed by atoms with van der Waals surface area (Å²) < 4.78 is 5.09. The van der Waals surface area contributed by atoms with Gasteiger partial charge in [0.2, 0.25) is 5.91 Å². The molecule has 0 aliphatic carbocycles. The third-order valence-electron chi connectivity index (χ3n) is 4.70. The fraction of sp³-hybridized carbons (Fsp3) is 0.529. The van der Waals surface area contributed by atoms with Crippen LogP contribution in [0.5, 0.6) is 5.75 Å². The maximum Gasteiger partial charge on any atom is 0.311 e. The van der Waals surface area contributed by atoms with E-state index in [1.807, 2.05) is 38.1 Å². The lowest BCUT2D eigenvalue weighted by Gasteiger charge is -2.28. The van der Waals surface area contributed by atoms with Gasteiger partial charge in [0.25, 0.3) is 0 Å². The van der Waals surface area contributed by atoms with Gasteiger partial charge >= 0.3 is 5.97 Å². The Balaban J connectivity index is 2.03. The third kappa shape index (κ3) is 3.08. The van der Waals surface area contributed by atoms with Crippen molar-refractivity contribution in [3.63, 3.8) is 0 Å². The van der Waals surface area contributed by atoms with Crippen LogP contribution in [0, 0.1) is 11.3 Å². The number of likely N-dealkylation sites (tertiary alicyclic amines) is 1. The van der Waals surface area contributed by atoms with Gasteiger partial charge in [-0.25, -0.2) is 0 Å². The van der Waals surface area contributed by atoms with Gasteiger partial charge in [-0.15, -0.1) is 0 Å². The Kier molecular flexibility index (Phi) is 4.74. The topological polar surface area (TPSA) is 66.8 Å². The Bertz CT molecular complexity index is 552. The number of amides is 1. The van der Waals surface area contributed by atoms with Crippen molar-refractivity contribution >= 4 is 11.9 Å². The number of benzene rings is 1. The number of nitrogens with zero attached hydrogens (tertiary/aromatic N) is 1. The van der Waals surface area contributed by atoms with Crippen LogP contribution in [0.1, 0.15) is 25.8 Å². The van der Waals surface area contributed by atoms with Crippen molar-refractivity contribution in [2.75, 3.05) is 20.2 Å². The van der Waals surface area contributed by atoms with Crippen LogP contribution >= 0.6 is 0 Å². The standard InChI is InChI=1S/C17H23NO4/c1-12(2)17(16(20)21)8-9-18(11-17)15(19)10-13-4-6-14(22-3)7-5-13/h4-7,12H,8-11H2,1-3H3,(H,20,21). The molecule has 1 N–H and O–H groups in total. The van der Waals surface area contributed by atoms with Crippen molar-refractivity contribution in [1.82, 2.24) is 4.90 Å². The van der Waals surface area contributed by atoms with Gasteiger partial charge in [0.05, 0.1) is 18.9 Å². The molecule has 0 aromatic heterocycles. The number of aliphatic carboxylic acids is 1. The van der Waals surface area contributed by atoms with Gasteiger partial charge in [-0.1, -0.05) is 26.0 Å². The quantitative estimate of drug-likeness (QED) is 0.905. The summed E-state index contributed by atoms with van der Waals surface area (Å²) in [7, 11) is 1.60. The molecule has 1 amide bonds. The lowest BCUT2D eigenvalue weighted by molar-refractivity contribution is -0.151. The molecule has 2 rings (SSSR count). The number of ether oxygens (including phenoxy) is 1. The highest BCUT2D eigenvalue weighted by atomic mass is 16.5. The summed E-state index contributed by atoms with van der Waals surface area (Å²) in [5, 5.41) is 9.53. The Morgan fingerprint density at radius 2 is 1.95 bits per heavy atom. The first-order valence-corrected chi connectivity index (χ1v) is 7.53. The van der Waals surface area contributed by atoms with Gasteiger partial charge in [-0.2, -0.15) is 0 Å². The van der Waals surface area contributed by atoms with E-state index < -0.39 is 11.4 Å². The molecule has 1 aliphatic heterocycles. The summed E-state index contributed by atoms with van der Waals surface area (Å²) in [6.07, 6.45) is 0.812. The van der Waals surface area contributed by atoms with Crippen LogP contribution in [0.25, 0.3) is 0 Å². The van der Waals surface area contributed by atoms with Gasteiger partial charge in [-0.3, -0.25) is 9.59 Å². The molecule has 5 heteroatoms. The number of carboxylic acids is 1. The van der Waals surface area contributed by atoms with Gasteiger partial charge in [0, 0.05) is 13.1 Å². The fourth-order valence-corrected chi connectivity index (χ4v) is 2.97. The van der Waals surface area contributed by atoms with Crippen molar-refractivity contribution in [2.45, 2.75) is 26.7 Å². The second-order valence-corrected chi connectivity index (χ2v) is 6.21. The van der Waals surface area contributed by atoms with Gasteiger partial charge in [0.1, 0.15) is 5.75 Å². The zero-order valence-corrected chi connectivity index (χ0v) is 13.3. The smallest absolute Gasteiger partial charge is 0.311 e. The predicted octanol–water partition coefficient (Wildman–Crippen LogP) is 2.20. The normalized spacial score (nSPS) is 21.2. The Morgan fingerprint density at radius 3 is 2.41 bits per heavy atom. The Labute approximate surface area is 130 Å². The summed E-state index contributed by atoms with van der Waals surface area (Å²) in [6.45, 7) is 4.63. The minimum atomic E-state index is -0.810. The summed E-state index contributed by atoms with van der Waals surface area (Å²) in [6, 6.07) is 7.36. The fourth-order valence-electron chi connectivity index (χ4n) is 2.97. The van der Waals surface area contributed by atoms with Crippen LogP contribution in [0.15, 0.2) is 24.3 Å². The molecule has 120 valence electrons. The molecule has 0 spiro atoms. The molecule has 1 aliphatic rings. The molecule has 0 bridgehead atoms. The van der Waals surface area contributed by atoms with Crippen LogP contribution < -0.4 is 4.74 Å². The van der Waals surface area contributed by atoms with E-state index in [9.17, 15) is 14.7 Å². The molecule has 0 radical (unpaired) electrons. The first kappa shape index (κ1) is 16.3. The van der Waals surface area contributed by atoms with E-state index >= 15 is 0 Å². The first-order valence-electron chi connectivity index (χ1n) is 7.53. The molecule has 1 heterocycles. The van der Waals surface area contributed by atoms with E-state index in [1.165, 1.54) is 0 Å². The van der Waals surface area contributed by atoms with Crippen molar-refractivity contribution in [3.8, 4) is 5.75 Å². The molecule has 1 atom stereocenters. The lowest BCUT2D eigenvalue weighted by atomic mass is 9.76. The van der Waals surface area contributed by atoms with Gasteiger partial charge in [-0.05, 0) is 30.0 Å². The van der Waals surface area contributed by atoms with E-state index in [0.717, 1.165) is 11.3 Å². The van der Waals surface area contributed by atoms with Crippen LogP contribution in [0.2, 0.25) is 0 Å². The minimum absolute atomic E-state index is 0.00351. The molecule has 22 heavy (non-hydrogen) atoms. The van der Waals surface area contributed by atoms with E-state index in [4.69, 9.17) is 4.74 Å². The number of methoxy groups -OCH3 is 1. The van der Waals surface area contributed by atoms with Crippen molar-refractivity contribution in [2.24, 2.45) is 11.3 Å². The molecule has 1 aromatic rings. The average molecular weight is 305 g/mol. The maximum absolute atomic E-state index is 12.4. The van der Waals surface area contributed by atoms with Crippen LogP contribution in [0.3, 0.4) is 0 Å². The summed E-state index contributed by atoms with van der Waals surface area (Å²) >= 11 is 0. The number of hydrogen-bond acceptors (Lipinski definition) is 3. The zero-order chi connectivity index (χ0) is 16.3. The molecule has 1 unspecified atom stereocenters. The average Bonchev–Trinajstić information content (AvgIpc) is 2.95. The highest BCUT2D eigenvalue weighted by molar-refractivity contribution is 5.82. The number of carboxylic acid groups (broad SMARTS) is 1. The van der Waals surface area contributed by atoms with Crippen LogP contribution in [-0.2, 0) is 16.0 Å². The molecular weight excluding hydrogens is 282 g/mol. The van der Waals surface area contributed by atoms with Crippen molar-refractivity contribution < 1.29 is 19.4 Å². The zero-order valence-electron chi connectivity index (χ0n) is 13.3. The molecule has 0 saturated carbocycles. The minimum Gasteiger partial charge on any atom is -0.497 e. The van der Waals surface area contributed by atoms with E-state index in [-0.39, 0.29) is 18.2 Å². The Hall–Kier alpha value is -2.04. The first-order chi connectivity index (χ1) is 10.4. The van der Waals surface area contributed by atoms with Crippen LogP contribution in [0.4, 0.5) is 0 Å². The lowest BCUT2D eigenvalue weighted by Crippen LogP contribution is -2.41. The largest absolute Gasteiger partial charge is 0.497 e. The molecule has 1 aromatic carbocycles. The summed E-state index contributed by atoms with van der Waals surface area (Å²) in [5.41, 5.74) is 0.0958. The van der Waals surface area contributed by atoms with E-state index in [0.29, 0.717) is 19.5 Å². The third-order valence-corrected chi connectivity index (χ3v) is 4.70. The molecule has 1 saturated heterocycles. The SMILES string of the molecule is COc1ccc(CC(=O)N2CCC(C(=O)O)(C(C)C)C2)cc1. The highest BCUT2D eigenvalue weighted by Gasteiger charge is 2.48. The van der Waals surface area contributed by atoms with E-state index in [1.54, 1.807) is 12.0 Å². The second-order valence-electron chi connectivity index (χ2n) is 6.21. The summed E-state index contributed by atoms with van der Waals surface area (Å²) in [4.78, 5) is 25.7. The Morgan fingerprint density at radius 1 is 1.32 bits per heavy atom. The maximum atomic E-state index is 12.4. The summed E-state index contributed by atoms with van der Waals surface area (Å²) in [5.74, 6) is -0.0675. The molecule has 1 fully saturated rings. The van der Waals surface area contributed by atoms with E-state index in [2.05, 4.69) is 0 Å². The predicted molar refractivity (Wildman–Crippen MR) is 82.8 cm³/mol. The number of carbonyl (C=O) groups excluding carboxylic acids is 1. The highest BCUT2D eigenvalue weighted by Crippen LogP contribution is 2.38. The van der Waals surface area contributed by atoms with Crippen LogP contribution in [-0.4, -0.2) is 42.1 Å². The van der Waals surface area contributed by atoms with Crippen molar-refractivity contribution in [3.05, 3.63) is 29.8 Å². The van der Waals surface area contributed by atoms with Gasteiger partial charge in [0.15, 0.2) is 0 Å². The monoisotopic (exact) mass is 305 g/mol.